The molecular formula is C11H8Br2FN3O2S. The third-order valence-corrected chi connectivity index (χ3v) is 4.79. The lowest BCUT2D eigenvalue weighted by atomic mass is 10.2. The van der Waals surface area contributed by atoms with E-state index in [4.69, 9.17) is 0 Å². The molecule has 2 rings (SSSR count). The number of hydrogen-bond donors (Lipinski definition) is 1. The van der Waals surface area contributed by atoms with Gasteiger partial charge in [0.05, 0.1) is 11.1 Å². The van der Waals surface area contributed by atoms with E-state index in [9.17, 15) is 12.8 Å². The van der Waals surface area contributed by atoms with Crippen molar-refractivity contribution >= 4 is 47.7 Å². The second-order valence-corrected chi connectivity index (χ2v) is 7.06. The molecule has 0 fully saturated rings. The quantitative estimate of drug-likeness (QED) is 0.820. The first-order chi connectivity index (χ1) is 9.29. The van der Waals surface area contributed by atoms with Crippen LogP contribution in [0, 0.1) is 12.7 Å². The van der Waals surface area contributed by atoms with Crippen molar-refractivity contribution in [1.29, 1.82) is 0 Å². The summed E-state index contributed by atoms with van der Waals surface area (Å²) in [6, 6.07) is 3.44. The van der Waals surface area contributed by atoms with E-state index >= 15 is 0 Å². The minimum Gasteiger partial charge on any atom is -0.261 e. The lowest BCUT2D eigenvalue weighted by molar-refractivity contribution is 0.598. The molecule has 5 nitrogen and oxygen atoms in total. The highest BCUT2D eigenvalue weighted by Crippen LogP contribution is 2.24. The zero-order valence-electron chi connectivity index (χ0n) is 10.1. The maximum absolute atomic E-state index is 13.0. The van der Waals surface area contributed by atoms with Crippen LogP contribution in [0.1, 0.15) is 5.56 Å². The van der Waals surface area contributed by atoms with Crippen molar-refractivity contribution < 1.29 is 12.8 Å². The van der Waals surface area contributed by atoms with E-state index in [2.05, 4.69) is 46.5 Å². The van der Waals surface area contributed by atoms with Gasteiger partial charge in [-0.05, 0) is 62.5 Å². The first-order valence-corrected chi connectivity index (χ1v) is 8.33. The zero-order chi connectivity index (χ0) is 14.9. The van der Waals surface area contributed by atoms with E-state index in [-0.39, 0.29) is 15.3 Å². The van der Waals surface area contributed by atoms with Crippen molar-refractivity contribution in [1.82, 2.24) is 9.97 Å². The summed E-state index contributed by atoms with van der Waals surface area (Å²) in [5, 5.41) is 0. The fraction of sp³-hybridized carbons (Fsp3) is 0.0909. The van der Waals surface area contributed by atoms with Crippen molar-refractivity contribution in [3.05, 3.63) is 45.0 Å². The number of benzene rings is 1. The monoisotopic (exact) mass is 423 g/mol. The lowest BCUT2D eigenvalue weighted by Crippen LogP contribution is -2.16. The number of aromatic nitrogens is 2. The Hall–Kier alpha value is -1.06. The molecule has 2 aromatic rings. The molecule has 106 valence electrons. The maximum Gasteiger partial charge on any atom is 0.263 e. The smallest absolute Gasteiger partial charge is 0.261 e. The summed E-state index contributed by atoms with van der Waals surface area (Å²) in [7, 11) is -3.86. The molecule has 20 heavy (non-hydrogen) atoms. The molecule has 0 spiro atoms. The highest BCUT2D eigenvalue weighted by molar-refractivity contribution is 9.11. The fourth-order valence-electron chi connectivity index (χ4n) is 1.51. The van der Waals surface area contributed by atoms with Crippen LogP contribution in [0.4, 0.5) is 10.2 Å². The van der Waals surface area contributed by atoms with Crippen LogP contribution in [0.3, 0.4) is 0 Å². The number of rotatable bonds is 3. The molecule has 0 radical (unpaired) electrons. The molecule has 0 bridgehead atoms. The van der Waals surface area contributed by atoms with E-state index in [0.29, 0.717) is 10.2 Å². The average Bonchev–Trinajstić information content (AvgIpc) is 2.32. The van der Waals surface area contributed by atoms with Crippen molar-refractivity contribution in [2.75, 3.05) is 4.72 Å². The largest absolute Gasteiger partial charge is 0.263 e. The Morgan fingerprint density at radius 2 is 2.00 bits per heavy atom. The summed E-state index contributed by atoms with van der Waals surface area (Å²) in [5.74, 6) is -0.442. The standard InChI is InChI=1S/C11H8Br2FN3O2S/c1-6-4-7(14)2-3-8(6)20(18,19)17-11-10(13)16-9(12)5-15-11/h2-5H,1H3,(H,15,17). The molecule has 0 aliphatic rings. The number of anilines is 1. The van der Waals surface area contributed by atoms with Gasteiger partial charge in [-0.1, -0.05) is 0 Å². The van der Waals surface area contributed by atoms with Crippen molar-refractivity contribution in [2.45, 2.75) is 11.8 Å². The van der Waals surface area contributed by atoms with Crippen molar-refractivity contribution in [3.63, 3.8) is 0 Å². The molecule has 1 aromatic heterocycles. The van der Waals surface area contributed by atoms with Crippen molar-refractivity contribution in [2.24, 2.45) is 0 Å². The van der Waals surface area contributed by atoms with Gasteiger partial charge in [-0.2, -0.15) is 0 Å². The van der Waals surface area contributed by atoms with Gasteiger partial charge in [-0.25, -0.2) is 22.8 Å². The molecule has 0 saturated heterocycles. The van der Waals surface area contributed by atoms with E-state index < -0.39 is 15.8 Å². The molecule has 0 atom stereocenters. The normalized spacial score (nSPS) is 11.4. The molecule has 0 unspecified atom stereocenters. The summed E-state index contributed by atoms with van der Waals surface area (Å²) < 4.78 is 40.5. The Labute approximate surface area is 132 Å². The molecule has 0 amide bonds. The summed E-state index contributed by atoms with van der Waals surface area (Å²) in [5.41, 5.74) is 0.304. The second-order valence-electron chi connectivity index (χ2n) is 3.85. The Bertz CT molecular complexity index is 768. The van der Waals surface area contributed by atoms with Gasteiger partial charge in [0.1, 0.15) is 10.4 Å². The number of sulfonamides is 1. The van der Waals surface area contributed by atoms with E-state index in [1.165, 1.54) is 19.2 Å². The Morgan fingerprint density at radius 1 is 1.30 bits per heavy atom. The fourth-order valence-corrected chi connectivity index (χ4v) is 3.80. The average molecular weight is 425 g/mol. The third-order valence-electron chi connectivity index (χ3n) is 2.36. The molecular weight excluding hydrogens is 417 g/mol. The van der Waals surface area contributed by atoms with Gasteiger partial charge in [-0.15, -0.1) is 0 Å². The maximum atomic E-state index is 13.0. The first kappa shape index (κ1) is 15.3. The summed E-state index contributed by atoms with van der Waals surface area (Å²) in [6.45, 7) is 1.51. The van der Waals surface area contributed by atoms with Crippen LogP contribution in [-0.4, -0.2) is 18.4 Å². The molecule has 0 aliphatic carbocycles. The van der Waals surface area contributed by atoms with Crippen molar-refractivity contribution in [3.8, 4) is 0 Å². The number of aryl methyl sites for hydroxylation is 1. The highest BCUT2D eigenvalue weighted by atomic mass is 79.9. The lowest BCUT2D eigenvalue weighted by Gasteiger charge is -2.10. The predicted octanol–water partition coefficient (Wildman–Crippen LogP) is 3.25. The summed E-state index contributed by atoms with van der Waals surface area (Å²) >= 11 is 6.23. The number of halogens is 3. The van der Waals surface area contributed by atoms with Crippen LogP contribution in [0.5, 0.6) is 0 Å². The molecule has 9 heteroatoms. The Morgan fingerprint density at radius 3 is 2.60 bits per heavy atom. The number of hydrogen-bond acceptors (Lipinski definition) is 4. The van der Waals surface area contributed by atoms with Crippen LogP contribution in [0.15, 0.2) is 38.5 Å². The van der Waals surface area contributed by atoms with Gasteiger partial charge in [-0.3, -0.25) is 4.72 Å². The minimum absolute atomic E-state index is 0.0180. The molecule has 0 saturated carbocycles. The zero-order valence-corrected chi connectivity index (χ0v) is 14.1. The number of nitrogens with zero attached hydrogens (tertiary/aromatic N) is 2. The summed E-state index contributed by atoms with van der Waals surface area (Å²) in [6.07, 6.45) is 1.36. The highest BCUT2D eigenvalue weighted by Gasteiger charge is 2.19. The van der Waals surface area contributed by atoms with Gasteiger partial charge in [0, 0.05) is 0 Å². The van der Waals surface area contributed by atoms with Gasteiger partial charge in [0.15, 0.2) is 10.4 Å². The van der Waals surface area contributed by atoms with Gasteiger partial charge in [0.25, 0.3) is 10.0 Å². The van der Waals surface area contributed by atoms with E-state index in [0.717, 1.165) is 12.1 Å². The van der Waals surface area contributed by atoms with Crippen LogP contribution >= 0.6 is 31.9 Å². The molecule has 1 heterocycles. The Kier molecular flexibility index (Phi) is 4.40. The summed E-state index contributed by atoms with van der Waals surface area (Å²) in [4.78, 5) is 7.87. The predicted molar refractivity (Wildman–Crippen MR) is 79.4 cm³/mol. The van der Waals surface area contributed by atoms with Crippen LogP contribution in [-0.2, 0) is 10.0 Å². The molecule has 0 aliphatic heterocycles. The SMILES string of the molecule is Cc1cc(F)ccc1S(=O)(=O)Nc1ncc(Br)nc1Br. The van der Waals surface area contributed by atoms with Crippen LogP contribution in [0.2, 0.25) is 0 Å². The van der Waals surface area contributed by atoms with Crippen LogP contribution in [0.25, 0.3) is 0 Å². The van der Waals surface area contributed by atoms with E-state index in [1.54, 1.807) is 0 Å². The number of nitrogens with one attached hydrogen (secondary N) is 1. The van der Waals surface area contributed by atoms with E-state index in [1.807, 2.05) is 0 Å². The first-order valence-electron chi connectivity index (χ1n) is 5.26. The topological polar surface area (TPSA) is 72.0 Å². The molecule has 1 aromatic carbocycles. The second kappa shape index (κ2) is 5.74. The van der Waals surface area contributed by atoms with Gasteiger partial charge in [0.2, 0.25) is 0 Å². The third kappa shape index (κ3) is 3.33. The Balaban J connectivity index is 2.41. The molecule has 1 N–H and O–H groups in total. The minimum atomic E-state index is -3.86. The van der Waals surface area contributed by atoms with Gasteiger partial charge >= 0.3 is 0 Å². The van der Waals surface area contributed by atoms with Crippen LogP contribution < -0.4 is 4.72 Å². The van der Waals surface area contributed by atoms with Gasteiger partial charge < -0.3 is 0 Å².